The Labute approximate surface area is 116 Å². The molecule has 1 atom stereocenters. The standard InChI is InChI=1S/C14H27N3O2/c1-14(2,15-3)13(18)17-8-6-16(7-9-17)11-12-5-4-10-19-12/h12,15H,4-11H2,1-3H3. The van der Waals surface area contributed by atoms with Gasteiger partial charge in [0.2, 0.25) is 5.91 Å². The molecule has 0 aliphatic carbocycles. The second-order valence-electron chi connectivity index (χ2n) is 6.10. The van der Waals surface area contributed by atoms with Crippen molar-refractivity contribution in [2.75, 3.05) is 46.4 Å². The van der Waals surface area contributed by atoms with Crippen LogP contribution in [0.2, 0.25) is 0 Å². The summed E-state index contributed by atoms with van der Waals surface area (Å²) < 4.78 is 5.67. The first-order valence-electron chi connectivity index (χ1n) is 7.35. The molecule has 5 nitrogen and oxygen atoms in total. The van der Waals surface area contributed by atoms with Gasteiger partial charge in [-0.3, -0.25) is 9.69 Å². The fraction of sp³-hybridized carbons (Fsp3) is 0.929. The van der Waals surface area contributed by atoms with Crippen molar-refractivity contribution in [3.63, 3.8) is 0 Å². The molecule has 19 heavy (non-hydrogen) atoms. The van der Waals surface area contributed by atoms with Crippen molar-refractivity contribution in [2.24, 2.45) is 0 Å². The smallest absolute Gasteiger partial charge is 0.242 e. The van der Waals surface area contributed by atoms with Gasteiger partial charge in [0.1, 0.15) is 0 Å². The van der Waals surface area contributed by atoms with Gasteiger partial charge in [0.05, 0.1) is 11.6 Å². The maximum atomic E-state index is 12.3. The lowest BCUT2D eigenvalue weighted by molar-refractivity contribution is -0.138. The van der Waals surface area contributed by atoms with Crippen molar-refractivity contribution in [2.45, 2.75) is 38.3 Å². The van der Waals surface area contributed by atoms with E-state index in [1.165, 1.54) is 12.8 Å². The molecule has 0 saturated carbocycles. The van der Waals surface area contributed by atoms with E-state index in [4.69, 9.17) is 4.74 Å². The molecule has 1 N–H and O–H groups in total. The van der Waals surface area contributed by atoms with Crippen LogP contribution in [0, 0.1) is 0 Å². The van der Waals surface area contributed by atoms with Crippen LogP contribution in [-0.2, 0) is 9.53 Å². The summed E-state index contributed by atoms with van der Waals surface area (Å²) in [5, 5.41) is 3.08. The molecule has 0 spiro atoms. The number of amides is 1. The van der Waals surface area contributed by atoms with E-state index >= 15 is 0 Å². The first-order valence-corrected chi connectivity index (χ1v) is 7.35. The van der Waals surface area contributed by atoms with E-state index in [2.05, 4.69) is 10.2 Å². The fourth-order valence-electron chi connectivity index (χ4n) is 2.71. The summed E-state index contributed by atoms with van der Waals surface area (Å²) in [6.07, 6.45) is 2.79. The van der Waals surface area contributed by atoms with Crippen molar-refractivity contribution in [1.29, 1.82) is 0 Å². The molecular formula is C14H27N3O2. The third kappa shape index (κ3) is 3.68. The average Bonchev–Trinajstić information content (AvgIpc) is 2.91. The van der Waals surface area contributed by atoms with Gasteiger partial charge in [-0.15, -0.1) is 0 Å². The van der Waals surface area contributed by atoms with E-state index in [0.29, 0.717) is 6.10 Å². The van der Waals surface area contributed by atoms with Gasteiger partial charge in [-0.1, -0.05) is 0 Å². The summed E-state index contributed by atoms with van der Waals surface area (Å²) in [6.45, 7) is 9.41. The Bertz CT molecular complexity index is 306. The van der Waals surface area contributed by atoms with Crippen LogP contribution in [0.5, 0.6) is 0 Å². The van der Waals surface area contributed by atoms with Crippen LogP contribution in [0.3, 0.4) is 0 Å². The quantitative estimate of drug-likeness (QED) is 0.798. The third-order valence-corrected chi connectivity index (χ3v) is 4.30. The molecule has 110 valence electrons. The molecular weight excluding hydrogens is 242 g/mol. The minimum Gasteiger partial charge on any atom is -0.377 e. The normalized spacial score (nSPS) is 25.8. The molecule has 1 unspecified atom stereocenters. The van der Waals surface area contributed by atoms with E-state index in [1.54, 1.807) is 0 Å². The Morgan fingerprint density at radius 3 is 2.53 bits per heavy atom. The van der Waals surface area contributed by atoms with E-state index in [0.717, 1.165) is 39.3 Å². The second-order valence-corrected chi connectivity index (χ2v) is 6.10. The molecule has 0 bridgehead atoms. The number of hydrogen-bond donors (Lipinski definition) is 1. The number of rotatable bonds is 4. The summed E-state index contributed by atoms with van der Waals surface area (Å²) >= 11 is 0. The van der Waals surface area contributed by atoms with Crippen molar-refractivity contribution in [3.05, 3.63) is 0 Å². The molecule has 2 aliphatic rings. The van der Waals surface area contributed by atoms with Crippen molar-refractivity contribution in [1.82, 2.24) is 15.1 Å². The molecule has 0 aromatic heterocycles. The summed E-state index contributed by atoms with van der Waals surface area (Å²) in [7, 11) is 1.84. The summed E-state index contributed by atoms with van der Waals surface area (Å²) in [5.41, 5.74) is -0.462. The number of nitrogens with one attached hydrogen (secondary N) is 1. The summed E-state index contributed by atoms with van der Waals surface area (Å²) in [5.74, 6) is 0.201. The number of ether oxygens (including phenoxy) is 1. The highest BCUT2D eigenvalue weighted by atomic mass is 16.5. The minimum atomic E-state index is -0.462. The van der Waals surface area contributed by atoms with Gasteiger partial charge in [-0.25, -0.2) is 0 Å². The number of hydrogen-bond acceptors (Lipinski definition) is 4. The molecule has 2 heterocycles. The Kier molecular flexibility index (Phi) is 4.81. The third-order valence-electron chi connectivity index (χ3n) is 4.30. The fourth-order valence-corrected chi connectivity index (χ4v) is 2.71. The van der Waals surface area contributed by atoms with Gasteiger partial charge in [0.25, 0.3) is 0 Å². The largest absolute Gasteiger partial charge is 0.377 e. The van der Waals surface area contributed by atoms with Gasteiger partial charge in [0, 0.05) is 39.3 Å². The highest BCUT2D eigenvalue weighted by Crippen LogP contribution is 2.15. The van der Waals surface area contributed by atoms with Gasteiger partial charge in [-0.05, 0) is 33.7 Å². The highest BCUT2D eigenvalue weighted by molar-refractivity contribution is 5.85. The topological polar surface area (TPSA) is 44.8 Å². The van der Waals surface area contributed by atoms with Crippen LogP contribution in [0.25, 0.3) is 0 Å². The van der Waals surface area contributed by atoms with Crippen molar-refractivity contribution < 1.29 is 9.53 Å². The molecule has 1 amide bonds. The maximum Gasteiger partial charge on any atom is 0.242 e. The molecule has 0 aromatic rings. The number of likely N-dealkylation sites (N-methyl/N-ethyl adjacent to an activating group) is 1. The van der Waals surface area contributed by atoms with Crippen LogP contribution in [0.4, 0.5) is 0 Å². The molecule has 0 radical (unpaired) electrons. The first-order chi connectivity index (χ1) is 9.03. The predicted molar refractivity (Wildman–Crippen MR) is 75.1 cm³/mol. The number of piperazine rings is 1. The maximum absolute atomic E-state index is 12.3. The van der Waals surface area contributed by atoms with Crippen molar-refractivity contribution >= 4 is 5.91 Å². The Balaban J connectivity index is 1.77. The number of carbonyl (C=O) groups is 1. The van der Waals surface area contributed by atoms with E-state index in [9.17, 15) is 4.79 Å². The molecule has 2 fully saturated rings. The van der Waals surface area contributed by atoms with Crippen LogP contribution in [0.1, 0.15) is 26.7 Å². The van der Waals surface area contributed by atoms with Gasteiger partial charge < -0.3 is 15.0 Å². The summed E-state index contributed by atoms with van der Waals surface area (Å²) in [6, 6.07) is 0. The molecule has 2 saturated heterocycles. The Hall–Kier alpha value is -0.650. The van der Waals surface area contributed by atoms with Crippen molar-refractivity contribution in [3.8, 4) is 0 Å². The number of carbonyl (C=O) groups excluding carboxylic acids is 1. The van der Waals surface area contributed by atoms with Gasteiger partial charge in [-0.2, -0.15) is 0 Å². The zero-order valence-electron chi connectivity index (χ0n) is 12.4. The lowest BCUT2D eigenvalue weighted by Crippen LogP contribution is -2.58. The minimum absolute atomic E-state index is 0.201. The lowest BCUT2D eigenvalue weighted by Gasteiger charge is -2.39. The molecule has 2 rings (SSSR count). The SMILES string of the molecule is CNC(C)(C)C(=O)N1CCN(CC2CCCO2)CC1. The van der Waals surface area contributed by atoms with Gasteiger partial charge >= 0.3 is 0 Å². The second kappa shape index (κ2) is 6.20. The van der Waals surface area contributed by atoms with Crippen LogP contribution >= 0.6 is 0 Å². The first kappa shape index (κ1) is 14.8. The van der Waals surface area contributed by atoms with Crippen LogP contribution in [-0.4, -0.2) is 73.7 Å². The molecule has 5 heteroatoms. The average molecular weight is 269 g/mol. The van der Waals surface area contributed by atoms with Crippen LogP contribution < -0.4 is 5.32 Å². The number of nitrogens with zero attached hydrogens (tertiary/aromatic N) is 2. The zero-order valence-corrected chi connectivity index (χ0v) is 12.4. The Morgan fingerprint density at radius 2 is 2.00 bits per heavy atom. The lowest BCUT2D eigenvalue weighted by atomic mass is 10.0. The van der Waals surface area contributed by atoms with E-state index < -0.39 is 5.54 Å². The van der Waals surface area contributed by atoms with Crippen LogP contribution in [0.15, 0.2) is 0 Å². The van der Waals surface area contributed by atoms with E-state index in [-0.39, 0.29) is 5.91 Å². The van der Waals surface area contributed by atoms with Gasteiger partial charge in [0.15, 0.2) is 0 Å². The molecule has 0 aromatic carbocycles. The highest BCUT2D eigenvalue weighted by Gasteiger charge is 2.32. The zero-order chi connectivity index (χ0) is 13.9. The van der Waals surface area contributed by atoms with E-state index in [1.807, 2.05) is 25.8 Å². The molecule has 2 aliphatic heterocycles. The Morgan fingerprint density at radius 1 is 1.32 bits per heavy atom. The monoisotopic (exact) mass is 269 g/mol. The predicted octanol–water partition coefficient (Wildman–Crippen LogP) is 0.308. The summed E-state index contributed by atoms with van der Waals surface area (Å²) in [4.78, 5) is 16.7.